The molecule has 1 aliphatic heterocycles. The van der Waals surface area contributed by atoms with Crippen molar-refractivity contribution < 1.29 is 19.1 Å². The van der Waals surface area contributed by atoms with Crippen molar-refractivity contribution in [3.63, 3.8) is 0 Å². The Hall–Kier alpha value is -3.35. The first-order valence-corrected chi connectivity index (χ1v) is 7.23. The van der Waals surface area contributed by atoms with Crippen LogP contribution in [-0.4, -0.2) is 25.0 Å². The lowest BCUT2D eigenvalue weighted by atomic mass is 10.1. The molecular weight excluding hydrogens is 310 g/mol. The molecule has 7 heteroatoms. The number of urea groups is 1. The topological polar surface area (TPSA) is 96.5 Å². The number of carbonyl (C=O) groups is 3. The summed E-state index contributed by atoms with van der Waals surface area (Å²) in [7, 11) is 1.56. The Labute approximate surface area is 138 Å². The lowest BCUT2D eigenvalue weighted by molar-refractivity contribution is -0.120. The van der Waals surface area contributed by atoms with Crippen LogP contribution >= 0.6 is 0 Å². The van der Waals surface area contributed by atoms with Crippen LogP contribution in [0.5, 0.6) is 5.75 Å². The highest BCUT2D eigenvalue weighted by atomic mass is 16.5. The van der Waals surface area contributed by atoms with Gasteiger partial charge in [-0.15, -0.1) is 0 Å². The molecule has 1 unspecified atom stereocenters. The number of methoxy groups -OCH3 is 1. The zero-order valence-corrected chi connectivity index (χ0v) is 12.8. The molecule has 1 aliphatic rings. The highest BCUT2D eigenvalue weighted by molar-refractivity contribution is 6.05. The molecule has 2 aromatic rings. The van der Waals surface area contributed by atoms with Gasteiger partial charge < -0.3 is 15.4 Å². The molecule has 1 atom stereocenters. The van der Waals surface area contributed by atoms with Crippen LogP contribution in [0.1, 0.15) is 22.0 Å². The van der Waals surface area contributed by atoms with Crippen molar-refractivity contribution in [1.82, 2.24) is 10.6 Å². The van der Waals surface area contributed by atoms with Gasteiger partial charge in [-0.1, -0.05) is 12.1 Å². The summed E-state index contributed by atoms with van der Waals surface area (Å²) in [6.07, 6.45) is 0. The van der Waals surface area contributed by atoms with Gasteiger partial charge in [0.05, 0.1) is 7.11 Å². The zero-order chi connectivity index (χ0) is 17.1. The Morgan fingerprint density at radius 3 is 2.25 bits per heavy atom. The number of hydrogen-bond acceptors (Lipinski definition) is 4. The fraction of sp³-hybridized carbons (Fsp3) is 0.118. The average Bonchev–Trinajstić information content (AvgIpc) is 2.94. The highest BCUT2D eigenvalue weighted by Crippen LogP contribution is 2.20. The van der Waals surface area contributed by atoms with Gasteiger partial charge in [0.2, 0.25) is 0 Å². The Morgan fingerprint density at radius 2 is 1.71 bits per heavy atom. The van der Waals surface area contributed by atoms with Gasteiger partial charge in [0, 0.05) is 11.3 Å². The van der Waals surface area contributed by atoms with Gasteiger partial charge >= 0.3 is 6.03 Å². The first-order valence-electron chi connectivity index (χ1n) is 7.23. The predicted octanol–water partition coefficient (Wildman–Crippen LogP) is 1.83. The Bertz CT molecular complexity index is 784. The third-order valence-electron chi connectivity index (χ3n) is 3.63. The lowest BCUT2D eigenvalue weighted by Crippen LogP contribution is -2.22. The summed E-state index contributed by atoms with van der Waals surface area (Å²) in [5.74, 6) is 0.0279. The van der Waals surface area contributed by atoms with Crippen LogP contribution in [0.25, 0.3) is 0 Å². The lowest BCUT2D eigenvalue weighted by Gasteiger charge is -2.10. The molecule has 122 valence electrons. The number of hydrogen-bond donors (Lipinski definition) is 3. The molecule has 1 saturated heterocycles. The zero-order valence-electron chi connectivity index (χ0n) is 12.8. The maximum absolute atomic E-state index is 12.2. The molecule has 0 saturated carbocycles. The summed E-state index contributed by atoms with van der Waals surface area (Å²) in [6, 6.07) is 12.2. The van der Waals surface area contributed by atoms with Crippen LogP contribution < -0.4 is 20.7 Å². The molecule has 3 N–H and O–H groups in total. The van der Waals surface area contributed by atoms with Gasteiger partial charge in [0.25, 0.3) is 11.8 Å². The fourth-order valence-corrected chi connectivity index (χ4v) is 2.36. The van der Waals surface area contributed by atoms with Gasteiger partial charge in [0.1, 0.15) is 11.8 Å². The summed E-state index contributed by atoms with van der Waals surface area (Å²) in [5, 5.41) is 7.46. The Balaban J connectivity index is 1.68. The van der Waals surface area contributed by atoms with E-state index in [4.69, 9.17) is 4.74 Å². The molecule has 3 rings (SSSR count). The van der Waals surface area contributed by atoms with E-state index in [9.17, 15) is 14.4 Å². The third kappa shape index (κ3) is 3.19. The summed E-state index contributed by atoms with van der Waals surface area (Å²) in [5.41, 5.74) is 1.73. The van der Waals surface area contributed by atoms with Crippen LogP contribution in [0.15, 0.2) is 48.5 Å². The molecule has 2 aromatic carbocycles. The van der Waals surface area contributed by atoms with E-state index >= 15 is 0 Å². The second-order valence-corrected chi connectivity index (χ2v) is 5.20. The number of benzene rings is 2. The van der Waals surface area contributed by atoms with Crippen molar-refractivity contribution in [2.45, 2.75) is 6.04 Å². The SMILES string of the molecule is COc1ccc(C(=O)Nc2ccc(C3NC(=O)NC3=O)cc2)cc1. The minimum atomic E-state index is -0.705. The van der Waals surface area contributed by atoms with E-state index < -0.39 is 18.0 Å². The maximum Gasteiger partial charge on any atom is 0.322 e. The standard InChI is InChI=1S/C17H15N3O4/c1-24-13-8-4-11(5-9-13)15(21)18-12-6-2-10(3-7-12)14-16(22)20-17(23)19-14/h2-9,14H,1H3,(H,18,21)(H2,19,20,22,23). The monoisotopic (exact) mass is 325 g/mol. The molecule has 1 fully saturated rings. The number of amides is 4. The first-order chi connectivity index (χ1) is 11.6. The van der Waals surface area contributed by atoms with E-state index in [2.05, 4.69) is 16.0 Å². The van der Waals surface area contributed by atoms with Crippen molar-refractivity contribution >= 4 is 23.5 Å². The maximum atomic E-state index is 12.2. The van der Waals surface area contributed by atoms with E-state index in [0.717, 1.165) is 0 Å². The minimum absolute atomic E-state index is 0.252. The van der Waals surface area contributed by atoms with E-state index in [1.54, 1.807) is 55.6 Å². The van der Waals surface area contributed by atoms with E-state index in [1.165, 1.54) is 0 Å². The van der Waals surface area contributed by atoms with Crippen LogP contribution in [0.3, 0.4) is 0 Å². The normalized spacial score (nSPS) is 16.3. The van der Waals surface area contributed by atoms with Gasteiger partial charge in [0.15, 0.2) is 0 Å². The van der Waals surface area contributed by atoms with E-state index in [1.807, 2.05) is 0 Å². The number of ether oxygens (including phenoxy) is 1. The molecule has 0 radical (unpaired) electrons. The van der Waals surface area contributed by atoms with Crippen LogP contribution in [-0.2, 0) is 4.79 Å². The number of anilines is 1. The van der Waals surface area contributed by atoms with Crippen molar-refractivity contribution in [3.8, 4) is 5.75 Å². The van der Waals surface area contributed by atoms with Gasteiger partial charge in [-0.05, 0) is 42.0 Å². The summed E-state index contributed by atoms with van der Waals surface area (Å²) >= 11 is 0. The van der Waals surface area contributed by atoms with Crippen molar-refractivity contribution in [2.24, 2.45) is 0 Å². The molecule has 24 heavy (non-hydrogen) atoms. The van der Waals surface area contributed by atoms with Crippen LogP contribution in [0, 0.1) is 0 Å². The number of imide groups is 1. The van der Waals surface area contributed by atoms with E-state index in [0.29, 0.717) is 22.6 Å². The predicted molar refractivity (Wildman–Crippen MR) is 86.8 cm³/mol. The van der Waals surface area contributed by atoms with Crippen molar-refractivity contribution in [3.05, 3.63) is 59.7 Å². The molecule has 0 bridgehead atoms. The van der Waals surface area contributed by atoms with Crippen LogP contribution in [0.2, 0.25) is 0 Å². The van der Waals surface area contributed by atoms with Gasteiger partial charge in [-0.3, -0.25) is 14.9 Å². The molecule has 0 aliphatic carbocycles. The number of rotatable bonds is 4. The number of carbonyl (C=O) groups excluding carboxylic acids is 3. The molecule has 0 spiro atoms. The average molecular weight is 325 g/mol. The Morgan fingerprint density at radius 1 is 1.04 bits per heavy atom. The minimum Gasteiger partial charge on any atom is -0.497 e. The van der Waals surface area contributed by atoms with Crippen molar-refractivity contribution in [1.29, 1.82) is 0 Å². The second-order valence-electron chi connectivity index (χ2n) is 5.20. The van der Waals surface area contributed by atoms with Crippen LogP contribution in [0.4, 0.5) is 10.5 Å². The Kier molecular flexibility index (Phi) is 4.15. The van der Waals surface area contributed by atoms with Gasteiger partial charge in [-0.2, -0.15) is 0 Å². The second kappa shape index (κ2) is 6.41. The molecule has 1 heterocycles. The smallest absolute Gasteiger partial charge is 0.322 e. The molecule has 0 aromatic heterocycles. The molecule has 4 amide bonds. The third-order valence-corrected chi connectivity index (χ3v) is 3.63. The van der Waals surface area contributed by atoms with Gasteiger partial charge in [-0.25, -0.2) is 4.79 Å². The van der Waals surface area contributed by atoms with Crippen molar-refractivity contribution in [2.75, 3.05) is 12.4 Å². The summed E-state index contributed by atoms with van der Waals surface area (Å²) in [4.78, 5) is 34.9. The largest absolute Gasteiger partial charge is 0.497 e. The summed E-state index contributed by atoms with van der Waals surface area (Å²) in [6.45, 7) is 0. The first kappa shape index (κ1) is 15.5. The van der Waals surface area contributed by atoms with E-state index in [-0.39, 0.29) is 5.91 Å². The molecular formula is C17H15N3O4. The summed E-state index contributed by atoms with van der Waals surface area (Å²) < 4.78 is 5.05. The fourth-order valence-electron chi connectivity index (χ4n) is 2.36. The highest BCUT2D eigenvalue weighted by Gasteiger charge is 2.30. The molecule has 7 nitrogen and oxygen atoms in total. The quantitative estimate of drug-likeness (QED) is 0.747. The number of nitrogens with one attached hydrogen (secondary N) is 3.